The van der Waals surface area contributed by atoms with Crippen LogP contribution in [0, 0.1) is 0 Å². The van der Waals surface area contributed by atoms with Crippen LogP contribution >= 0.6 is 15.9 Å². The molecule has 3 rings (SSSR count). The van der Waals surface area contributed by atoms with Crippen molar-refractivity contribution < 1.29 is 17.9 Å². The molecule has 0 radical (unpaired) electrons. The zero-order chi connectivity index (χ0) is 21.0. The molecule has 0 bridgehead atoms. The number of ether oxygens (including phenoxy) is 1. The van der Waals surface area contributed by atoms with Crippen molar-refractivity contribution in [1.82, 2.24) is 0 Å². The molecule has 0 atom stereocenters. The number of hydrogen-bond donors (Lipinski definition) is 1. The average molecular weight is 475 g/mol. The SMILES string of the molecule is COc1ccccc1N(C)S(=O)(=O)c1ccc(C(=O)Nc2ccc(Br)cc2)cc1. The lowest BCUT2D eigenvalue weighted by Gasteiger charge is -2.21. The van der Waals surface area contributed by atoms with Crippen molar-refractivity contribution in [3.8, 4) is 5.75 Å². The van der Waals surface area contributed by atoms with Crippen LogP contribution in [0.15, 0.2) is 82.2 Å². The fourth-order valence-electron chi connectivity index (χ4n) is 2.69. The molecule has 0 saturated carbocycles. The van der Waals surface area contributed by atoms with Gasteiger partial charge in [-0.15, -0.1) is 0 Å². The fraction of sp³-hybridized carbons (Fsp3) is 0.0952. The van der Waals surface area contributed by atoms with Gasteiger partial charge in [0.25, 0.3) is 15.9 Å². The van der Waals surface area contributed by atoms with Gasteiger partial charge < -0.3 is 10.1 Å². The summed E-state index contributed by atoms with van der Waals surface area (Å²) in [6.07, 6.45) is 0. The van der Waals surface area contributed by atoms with Crippen LogP contribution in [0.25, 0.3) is 0 Å². The van der Waals surface area contributed by atoms with Gasteiger partial charge in [0.1, 0.15) is 5.75 Å². The molecule has 29 heavy (non-hydrogen) atoms. The molecule has 150 valence electrons. The zero-order valence-electron chi connectivity index (χ0n) is 15.8. The molecule has 0 saturated heterocycles. The van der Waals surface area contributed by atoms with Crippen LogP contribution < -0.4 is 14.4 Å². The van der Waals surface area contributed by atoms with Crippen LogP contribution in [0.2, 0.25) is 0 Å². The zero-order valence-corrected chi connectivity index (χ0v) is 18.2. The van der Waals surface area contributed by atoms with Crippen LogP contribution in [-0.2, 0) is 10.0 Å². The maximum atomic E-state index is 13.0. The average Bonchev–Trinajstić information content (AvgIpc) is 2.74. The second kappa shape index (κ2) is 8.67. The maximum absolute atomic E-state index is 13.0. The van der Waals surface area contributed by atoms with E-state index in [-0.39, 0.29) is 10.8 Å². The Morgan fingerprint density at radius 1 is 0.966 bits per heavy atom. The van der Waals surface area contributed by atoms with Gasteiger partial charge in [-0.3, -0.25) is 9.10 Å². The number of para-hydroxylation sites is 2. The van der Waals surface area contributed by atoms with Crippen molar-refractivity contribution in [3.05, 3.63) is 82.8 Å². The van der Waals surface area contributed by atoms with Gasteiger partial charge >= 0.3 is 0 Å². The van der Waals surface area contributed by atoms with Crippen LogP contribution in [0.3, 0.4) is 0 Å². The minimum Gasteiger partial charge on any atom is -0.495 e. The Bertz CT molecular complexity index is 1110. The summed E-state index contributed by atoms with van der Waals surface area (Å²) in [5, 5.41) is 2.77. The van der Waals surface area contributed by atoms with Crippen LogP contribution in [-0.4, -0.2) is 28.5 Å². The summed E-state index contributed by atoms with van der Waals surface area (Å²) in [5.41, 5.74) is 1.42. The number of anilines is 2. The molecule has 8 heteroatoms. The lowest BCUT2D eigenvalue weighted by Crippen LogP contribution is -2.27. The highest BCUT2D eigenvalue weighted by molar-refractivity contribution is 9.10. The molecule has 0 aliphatic carbocycles. The van der Waals surface area contributed by atoms with Gasteiger partial charge in [-0.2, -0.15) is 0 Å². The molecule has 6 nitrogen and oxygen atoms in total. The van der Waals surface area contributed by atoms with Crippen molar-refractivity contribution in [3.63, 3.8) is 0 Å². The van der Waals surface area contributed by atoms with Gasteiger partial charge in [0.2, 0.25) is 0 Å². The predicted octanol–water partition coefficient (Wildman–Crippen LogP) is 4.54. The van der Waals surface area contributed by atoms with Gasteiger partial charge in [0.15, 0.2) is 0 Å². The first-order valence-corrected chi connectivity index (χ1v) is 10.8. The molecule has 0 fully saturated rings. The largest absolute Gasteiger partial charge is 0.495 e. The lowest BCUT2D eigenvalue weighted by molar-refractivity contribution is 0.102. The number of rotatable bonds is 6. The second-order valence-corrected chi connectivity index (χ2v) is 9.01. The van der Waals surface area contributed by atoms with Crippen LogP contribution in [0.4, 0.5) is 11.4 Å². The Labute approximate surface area is 178 Å². The van der Waals surface area contributed by atoms with E-state index in [0.717, 1.165) is 8.78 Å². The van der Waals surface area contributed by atoms with Crippen molar-refractivity contribution in [2.24, 2.45) is 0 Å². The standard InChI is InChI=1S/C21H19BrN2O4S/c1-24(19-5-3-4-6-20(19)28-2)29(26,27)18-13-7-15(8-14-18)21(25)23-17-11-9-16(22)10-12-17/h3-14H,1-2H3,(H,23,25). The number of halogens is 1. The minimum absolute atomic E-state index is 0.0751. The molecule has 3 aromatic carbocycles. The summed E-state index contributed by atoms with van der Waals surface area (Å²) in [4.78, 5) is 12.5. The number of hydrogen-bond acceptors (Lipinski definition) is 4. The van der Waals surface area contributed by atoms with Gasteiger partial charge in [-0.1, -0.05) is 28.1 Å². The second-order valence-electron chi connectivity index (χ2n) is 6.13. The number of methoxy groups -OCH3 is 1. The maximum Gasteiger partial charge on any atom is 0.264 e. The molecule has 0 unspecified atom stereocenters. The summed E-state index contributed by atoms with van der Waals surface area (Å²) in [7, 11) is -0.870. The number of nitrogens with zero attached hydrogens (tertiary/aromatic N) is 1. The Balaban J connectivity index is 1.81. The Morgan fingerprint density at radius 3 is 2.21 bits per heavy atom. The molecule has 1 amide bonds. The Morgan fingerprint density at radius 2 is 1.59 bits per heavy atom. The van der Waals surface area contributed by atoms with Gasteiger partial charge in [-0.05, 0) is 60.7 Å². The van der Waals surface area contributed by atoms with E-state index < -0.39 is 10.0 Å². The normalized spacial score (nSPS) is 11.0. The van der Waals surface area contributed by atoms with Crippen molar-refractivity contribution in [2.45, 2.75) is 4.90 Å². The number of nitrogens with one attached hydrogen (secondary N) is 1. The number of carbonyl (C=O) groups is 1. The summed E-state index contributed by atoms with van der Waals surface area (Å²) >= 11 is 3.34. The van der Waals surface area contributed by atoms with Crippen molar-refractivity contribution >= 4 is 43.2 Å². The highest BCUT2D eigenvalue weighted by Gasteiger charge is 2.23. The van der Waals surface area contributed by atoms with Gasteiger partial charge in [-0.25, -0.2) is 8.42 Å². The fourth-order valence-corrected chi connectivity index (χ4v) is 4.16. The molecule has 0 aliphatic rings. The van der Waals surface area contributed by atoms with E-state index >= 15 is 0 Å². The highest BCUT2D eigenvalue weighted by atomic mass is 79.9. The first-order valence-electron chi connectivity index (χ1n) is 8.62. The topological polar surface area (TPSA) is 75.7 Å². The third-order valence-electron chi connectivity index (χ3n) is 4.30. The molecule has 0 spiro atoms. The van der Waals surface area contributed by atoms with E-state index in [1.165, 1.54) is 38.4 Å². The summed E-state index contributed by atoms with van der Waals surface area (Å²) in [6.45, 7) is 0. The summed E-state index contributed by atoms with van der Waals surface area (Å²) < 4.78 is 33.3. The van der Waals surface area contributed by atoms with Crippen LogP contribution in [0.1, 0.15) is 10.4 Å². The van der Waals surface area contributed by atoms with E-state index in [2.05, 4.69) is 21.2 Å². The molecule has 3 aromatic rings. The minimum atomic E-state index is -3.81. The molecule has 0 heterocycles. The van der Waals surface area contributed by atoms with E-state index in [0.29, 0.717) is 22.7 Å². The predicted molar refractivity (Wildman–Crippen MR) is 117 cm³/mol. The van der Waals surface area contributed by atoms with E-state index in [4.69, 9.17) is 4.74 Å². The summed E-state index contributed by atoms with van der Waals surface area (Å²) in [6, 6.07) is 19.8. The van der Waals surface area contributed by atoms with Gasteiger partial charge in [0, 0.05) is 22.8 Å². The monoisotopic (exact) mass is 474 g/mol. The highest BCUT2D eigenvalue weighted by Crippen LogP contribution is 2.30. The number of amides is 1. The Kier molecular flexibility index (Phi) is 6.24. The molecule has 0 aromatic heterocycles. The van der Waals surface area contributed by atoms with E-state index in [9.17, 15) is 13.2 Å². The quantitative estimate of drug-likeness (QED) is 0.568. The Hall–Kier alpha value is -2.84. The van der Waals surface area contributed by atoms with Gasteiger partial charge in [0.05, 0.1) is 17.7 Å². The lowest BCUT2D eigenvalue weighted by atomic mass is 10.2. The van der Waals surface area contributed by atoms with Crippen LogP contribution in [0.5, 0.6) is 5.75 Å². The van der Waals surface area contributed by atoms with Crippen molar-refractivity contribution in [2.75, 3.05) is 23.8 Å². The number of carbonyl (C=O) groups excluding carboxylic acids is 1. The number of benzene rings is 3. The first-order chi connectivity index (χ1) is 13.8. The van der Waals surface area contributed by atoms with Crippen molar-refractivity contribution in [1.29, 1.82) is 0 Å². The number of sulfonamides is 1. The molecular formula is C21H19BrN2O4S. The van der Waals surface area contributed by atoms with E-state index in [1.807, 2.05) is 12.1 Å². The smallest absolute Gasteiger partial charge is 0.264 e. The third-order valence-corrected chi connectivity index (χ3v) is 6.62. The van der Waals surface area contributed by atoms with E-state index in [1.54, 1.807) is 36.4 Å². The molecule has 1 N–H and O–H groups in total. The first kappa shape index (κ1) is 20.9. The third kappa shape index (κ3) is 4.60. The molecule has 0 aliphatic heterocycles. The molecular weight excluding hydrogens is 456 g/mol. The summed E-state index contributed by atoms with van der Waals surface area (Å²) in [5.74, 6) is 0.124.